The largest absolute Gasteiger partial charge is 0.411 e. The summed E-state index contributed by atoms with van der Waals surface area (Å²) in [5, 5.41) is 5.04. The predicted molar refractivity (Wildman–Crippen MR) is 140 cm³/mol. The molecule has 0 unspecified atom stereocenters. The van der Waals surface area contributed by atoms with Crippen LogP contribution < -0.4 is 16.8 Å². The van der Waals surface area contributed by atoms with Gasteiger partial charge in [0.2, 0.25) is 5.41 Å². The van der Waals surface area contributed by atoms with E-state index in [0.717, 1.165) is 24.3 Å². The van der Waals surface area contributed by atoms with Crippen molar-refractivity contribution in [2.24, 2.45) is 0 Å². The quantitative estimate of drug-likeness (QED) is 0.211. The van der Waals surface area contributed by atoms with Crippen LogP contribution in [0.2, 0.25) is 0 Å². The number of alkyl halides is 6. The summed E-state index contributed by atoms with van der Waals surface area (Å²) in [5.74, 6) is -1.41. The third-order valence-electron chi connectivity index (χ3n) is 6.07. The Kier molecular flexibility index (Phi) is 8.69. The highest BCUT2D eigenvalue weighted by Gasteiger charge is 2.72. The molecule has 0 heterocycles. The normalized spacial score (nSPS) is 11.8. The molecule has 0 aromatic heterocycles. The molecule has 208 valence electrons. The Balaban J connectivity index is 0.00000441. The van der Waals surface area contributed by atoms with Crippen LogP contribution in [0.3, 0.4) is 0 Å². The average molecular weight is 560 g/mol. The summed E-state index contributed by atoms with van der Waals surface area (Å²) in [4.78, 5) is 25.0. The Morgan fingerprint density at radius 3 is 1.05 bits per heavy atom. The van der Waals surface area contributed by atoms with E-state index in [2.05, 4.69) is 10.6 Å². The molecule has 0 spiro atoms. The van der Waals surface area contributed by atoms with E-state index in [1.165, 1.54) is 0 Å². The van der Waals surface area contributed by atoms with E-state index < -0.39 is 40.7 Å². The van der Waals surface area contributed by atoms with E-state index in [-0.39, 0.29) is 17.3 Å². The summed E-state index contributed by atoms with van der Waals surface area (Å²) in [7, 11) is 0. The number of para-hydroxylation sites is 2. The minimum atomic E-state index is -5.81. The number of rotatable bonds is 6. The van der Waals surface area contributed by atoms with Gasteiger partial charge >= 0.3 is 12.4 Å². The fourth-order valence-electron chi connectivity index (χ4n) is 4.17. The van der Waals surface area contributed by atoms with Gasteiger partial charge in [0.05, 0.1) is 0 Å². The third-order valence-corrected chi connectivity index (χ3v) is 6.07. The van der Waals surface area contributed by atoms with E-state index in [0.29, 0.717) is 35.6 Å². The van der Waals surface area contributed by atoms with Gasteiger partial charge in [-0.3, -0.25) is 9.59 Å². The lowest BCUT2D eigenvalue weighted by atomic mass is 9.72. The molecular weight excluding hydrogens is 536 g/mol. The van der Waals surface area contributed by atoms with Gasteiger partial charge in [0.25, 0.3) is 11.8 Å². The van der Waals surface area contributed by atoms with E-state index in [1.807, 2.05) is 0 Å². The molecule has 0 aliphatic carbocycles. The molecule has 0 bridgehead atoms. The second-order valence-electron chi connectivity index (χ2n) is 8.54. The number of anilines is 2. The first-order valence-corrected chi connectivity index (χ1v) is 11.5. The van der Waals surface area contributed by atoms with Crippen molar-refractivity contribution in [3.8, 4) is 0 Å². The van der Waals surface area contributed by atoms with Gasteiger partial charge in [-0.15, -0.1) is 0 Å². The van der Waals surface area contributed by atoms with Gasteiger partial charge in [-0.2, -0.15) is 26.3 Å². The Morgan fingerprint density at radius 1 is 0.475 bits per heavy atom. The zero-order chi connectivity index (χ0) is 28.3. The number of benzene rings is 4. The number of hydrogen-bond acceptors (Lipinski definition) is 3. The van der Waals surface area contributed by atoms with Gasteiger partial charge in [0, 0.05) is 22.5 Å². The zero-order valence-corrected chi connectivity index (χ0v) is 20.7. The highest BCUT2D eigenvalue weighted by molar-refractivity contribution is 6.05. The smallest absolute Gasteiger partial charge is 0.344 e. The first kappa shape index (κ1) is 29.9. The zero-order valence-electron chi connectivity index (χ0n) is 20.7. The average Bonchev–Trinajstić information content (AvgIpc) is 2.89. The maximum Gasteiger partial charge on any atom is 0.411 e. The maximum atomic E-state index is 14.5. The molecule has 5 nitrogen and oxygen atoms in total. The highest BCUT2D eigenvalue weighted by Crippen LogP contribution is 2.56. The molecular formula is C29H23F6N3O2. The van der Waals surface area contributed by atoms with Crippen molar-refractivity contribution in [1.29, 1.82) is 0 Å². The first-order valence-electron chi connectivity index (χ1n) is 11.5. The van der Waals surface area contributed by atoms with Crippen molar-refractivity contribution >= 4 is 23.2 Å². The highest BCUT2D eigenvalue weighted by atomic mass is 19.4. The molecule has 5 N–H and O–H groups in total. The number of halogens is 6. The lowest BCUT2D eigenvalue weighted by molar-refractivity contribution is -0.288. The van der Waals surface area contributed by atoms with Crippen LogP contribution >= 0.6 is 0 Å². The molecule has 4 aromatic rings. The van der Waals surface area contributed by atoms with Crippen LogP contribution in [0.25, 0.3) is 0 Å². The molecule has 2 amide bonds. The van der Waals surface area contributed by atoms with Crippen LogP contribution in [0.4, 0.5) is 37.7 Å². The molecule has 11 heteroatoms. The molecule has 0 saturated heterocycles. The standard InChI is InChI=1S/C29H20F6N2O2.H3N/c30-28(31,32)27(29(33,34)35,21-15-11-19(12-16-21)25(38)36-23-7-3-1-4-8-23)22-17-13-20(14-18-22)26(39)37-24-9-5-2-6-10-24;/h1-18H,(H,36,38)(H,37,39);1H3. The first-order chi connectivity index (χ1) is 18.4. The minimum Gasteiger partial charge on any atom is -0.344 e. The van der Waals surface area contributed by atoms with Crippen LogP contribution in [0.1, 0.15) is 31.8 Å². The molecule has 0 saturated carbocycles. The minimum absolute atomic E-state index is 0. The van der Waals surface area contributed by atoms with Gasteiger partial charge in [0.1, 0.15) is 0 Å². The van der Waals surface area contributed by atoms with Crippen molar-refractivity contribution in [3.63, 3.8) is 0 Å². The third kappa shape index (κ3) is 5.84. The number of carbonyl (C=O) groups excluding carboxylic acids is 2. The molecule has 4 aromatic carbocycles. The predicted octanol–water partition coefficient (Wildman–Crippen LogP) is 7.76. The van der Waals surface area contributed by atoms with Crippen molar-refractivity contribution in [1.82, 2.24) is 6.15 Å². The summed E-state index contributed by atoms with van der Waals surface area (Å²) < 4.78 is 86.7. The van der Waals surface area contributed by atoms with Crippen LogP contribution in [0.5, 0.6) is 0 Å². The number of carbonyl (C=O) groups is 2. The van der Waals surface area contributed by atoms with Gasteiger partial charge in [-0.25, -0.2) is 0 Å². The van der Waals surface area contributed by atoms with E-state index >= 15 is 0 Å². The van der Waals surface area contributed by atoms with Crippen molar-refractivity contribution in [3.05, 3.63) is 131 Å². The van der Waals surface area contributed by atoms with Crippen molar-refractivity contribution in [2.75, 3.05) is 10.6 Å². The molecule has 0 aliphatic rings. The van der Waals surface area contributed by atoms with Crippen molar-refractivity contribution < 1.29 is 35.9 Å². The van der Waals surface area contributed by atoms with Crippen LogP contribution in [0, 0.1) is 0 Å². The Bertz CT molecular complexity index is 1330. The van der Waals surface area contributed by atoms with E-state index in [9.17, 15) is 35.9 Å². The maximum absolute atomic E-state index is 14.5. The topological polar surface area (TPSA) is 93.2 Å². The monoisotopic (exact) mass is 559 g/mol. The van der Waals surface area contributed by atoms with E-state index in [1.54, 1.807) is 60.7 Å². The molecule has 4 rings (SSSR count). The fourth-order valence-corrected chi connectivity index (χ4v) is 4.17. The lowest BCUT2D eigenvalue weighted by Crippen LogP contribution is -2.54. The van der Waals surface area contributed by atoms with Gasteiger partial charge < -0.3 is 16.8 Å². The molecule has 0 fully saturated rings. The molecule has 0 atom stereocenters. The Morgan fingerprint density at radius 2 is 0.775 bits per heavy atom. The summed E-state index contributed by atoms with van der Waals surface area (Å²) in [6, 6.07) is 22.5. The lowest BCUT2D eigenvalue weighted by Gasteiger charge is -2.38. The summed E-state index contributed by atoms with van der Waals surface area (Å²) in [6.07, 6.45) is -11.6. The van der Waals surface area contributed by atoms with Crippen molar-refractivity contribution in [2.45, 2.75) is 17.8 Å². The molecule has 40 heavy (non-hydrogen) atoms. The Hall–Kier alpha value is -4.64. The van der Waals surface area contributed by atoms with Crippen LogP contribution in [-0.4, -0.2) is 24.2 Å². The second-order valence-corrected chi connectivity index (χ2v) is 8.54. The van der Waals surface area contributed by atoms with E-state index in [4.69, 9.17) is 0 Å². The fraction of sp³-hybridized carbons (Fsp3) is 0.103. The Labute approximate surface area is 225 Å². The van der Waals surface area contributed by atoms with Gasteiger partial charge in [-0.05, 0) is 59.7 Å². The second kappa shape index (κ2) is 11.6. The molecule has 0 aliphatic heterocycles. The van der Waals surface area contributed by atoms with Crippen LogP contribution in [0.15, 0.2) is 109 Å². The summed E-state index contributed by atoms with van der Waals surface area (Å²) >= 11 is 0. The summed E-state index contributed by atoms with van der Waals surface area (Å²) in [6.45, 7) is 0. The summed E-state index contributed by atoms with van der Waals surface area (Å²) in [5.41, 5.74) is -6.11. The number of hydrogen-bond donors (Lipinski definition) is 3. The SMILES string of the molecule is N.O=C(Nc1ccccc1)c1ccc(C(c2ccc(C(=O)Nc3ccccc3)cc2)(C(F)(F)F)C(F)(F)F)cc1. The number of nitrogens with one attached hydrogen (secondary N) is 2. The molecule has 0 radical (unpaired) electrons. The van der Waals surface area contributed by atoms with Crippen LogP contribution in [-0.2, 0) is 5.41 Å². The number of amides is 2. The van der Waals surface area contributed by atoms with Gasteiger partial charge in [0.15, 0.2) is 0 Å². The van der Waals surface area contributed by atoms with Gasteiger partial charge in [-0.1, -0.05) is 60.7 Å².